The fourth-order valence-corrected chi connectivity index (χ4v) is 1.78. The molecular weight excluding hydrogens is 211 g/mol. The van der Waals surface area contributed by atoms with Gasteiger partial charge in [-0.25, -0.2) is 4.39 Å². The van der Waals surface area contributed by atoms with Crippen molar-refractivity contribution in [3.63, 3.8) is 0 Å². The molecular formula is C11H15FN2O2. The lowest BCUT2D eigenvalue weighted by molar-refractivity contribution is 0.121. The highest BCUT2D eigenvalue weighted by atomic mass is 19.1. The first kappa shape index (κ1) is 11.4. The van der Waals surface area contributed by atoms with Gasteiger partial charge in [-0.05, 0) is 18.6 Å². The van der Waals surface area contributed by atoms with Gasteiger partial charge in [0, 0.05) is 12.2 Å². The maximum absolute atomic E-state index is 13.0. The molecule has 0 spiro atoms. The van der Waals surface area contributed by atoms with Gasteiger partial charge in [0.05, 0.1) is 31.6 Å². The van der Waals surface area contributed by atoms with E-state index in [0.717, 1.165) is 5.56 Å². The van der Waals surface area contributed by atoms with Crippen molar-refractivity contribution in [2.45, 2.75) is 25.1 Å². The van der Waals surface area contributed by atoms with E-state index in [-0.39, 0.29) is 17.9 Å². The minimum absolute atomic E-state index is 0.0652. The standard InChI is InChI=1S/C11H15FN2O2/c1-7(8-2-9(12)4-13-3-8)14-10-5-16-6-11(10)15/h2-4,7,10-11,14-15H,5-6H2,1H3. The van der Waals surface area contributed by atoms with Crippen LogP contribution in [-0.4, -0.2) is 35.5 Å². The lowest BCUT2D eigenvalue weighted by Crippen LogP contribution is -2.40. The van der Waals surface area contributed by atoms with Gasteiger partial charge in [-0.2, -0.15) is 0 Å². The number of hydrogen-bond donors (Lipinski definition) is 2. The third kappa shape index (κ3) is 2.55. The highest BCUT2D eigenvalue weighted by molar-refractivity contribution is 5.14. The highest BCUT2D eigenvalue weighted by Gasteiger charge is 2.27. The monoisotopic (exact) mass is 226 g/mol. The number of ether oxygens (including phenoxy) is 1. The van der Waals surface area contributed by atoms with E-state index in [1.807, 2.05) is 6.92 Å². The van der Waals surface area contributed by atoms with Crippen molar-refractivity contribution < 1.29 is 14.2 Å². The SMILES string of the molecule is CC(NC1COCC1O)c1cncc(F)c1. The van der Waals surface area contributed by atoms with Gasteiger partial charge in [0.2, 0.25) is 0 Å². The van der Waals surface area contributed by atoms with Crippen LogP contribution < -0.4 is 5.32 Å². The minimum Gasteiger partial charge on any atom is -0.389 e. The summed E-state index contributed by atoms with van der Waals surface area (Å²) in [7, 11) is 0. The fraction of sp³-hybridized carbons (Fsp3) is 0.545. The quantitative estimate of drug-likeness (QED) is 0.793. The van der Waals surface area contributed by atoms with Crippen molar-refractivity contribution in [3.8, 4) is 0 Å². The van der Waals surface area contributed by atoms with E-state index < -0.39 is 6.10 Å². The zero-order valence-electron chi connectivity index (χ0n) is 9.06. The van der Waals surface area contributed by atoms with Crippen LogP contribution in [0.3, 0.4) is 0 Å². The van der Waals surface area contributed by atoms with Crippen LogP contribution in [0.15, 0.2) is 18.5 Å². The van der Waals surface area contributed by atoms with Crippen LogP contribution in [0, 0.1) is 5.82 Å². The lowest BCUT2D eigenvalue weighted by atomic mass is 10.1. The molecule has 1 aliphatic heterocycles. The van der Waals surface area contributed by atoms with E-state index in [2.05, 4.69) is 10.3 Å². The number of pyridine rings is 1. The topological polar surface area (TPSA) is 54.4 Å². The first-order chi connectivity index (χ1) is 7.66. The molecule has 2 heterocycles. The maximum atomic E-state index is 13.0. The Labute approximate surface area is 93.5 Å². The molecule has 2 N–H and O–H groups in total. The van der Waals surface area contributed by atoms with Crippen LogP contribution >= 0.6 is 0 Å². The molecule has 0 radical (unpaired) electrons. The Morgan fingerprint density at radius 1 is 1.56 bits per heavy atom. The first-order valence-electron chi connectivity index (χ1n) is 5.29. The largest absolute Gasteiger partial charge is 0.389 e. The second-order valence-corrected chi connectivity index (χ2v) is 4.04. The van der Waals surface area contributed by atoms with Crippen LogP contribution in [0.25, 0.3) is 0 Å². The molecule has 3 atom stereocenters. The molecule has 2 rings (SSSR count). The Kier molecular flexibility index (Phi) is 3.48. The van der Waals surface area contributed by atoms with E-state index in [4.69, 9.17) is 4.74 Å². The van der Waals surface area contributed by atoms with Gasteiger partial charge in [-0.3, -0.25) is 4.98 Å². The maximum Gasteiger partial charge on any atom is 0.141 e. The third-order valence-electron chi connectivity index (χ3n) is 2.74. The van der Waals surface area contributed by atoms with Crippen molar-refractivity contribution in [3.05, 3.63) is 29.8 Å². The zero-order valence-corrected chi connectivity index (χ0v) is 9.06. The first-order valence-corrected chi connectivity index (χ1v) is 5.29. The molecule has 1 fully saturated rings. The van der Waals surface area contributed by atoms with Crippen LogP contribution in [0.1, 0.15) is 18.5 Å². The number of aromatic nitrogens is 1. The second-order valence-electron chi connectivity index (χ2n) is 4.04. The average Bonchev–Trinajstić information content (AvgIpc) is 2.64. The Bertz CT molecular complexity index is 362. The summed E-state index contributed by atoms with van der Waals surface area (Å²) in [5, 5.41) is 12.8. The summed E-state index contributed by atoms with van der Waals surface area (Å²) >= 11 is 0. The number of aliphatic hydroxyl groups excluding tert-OH is 1. The normalized spacial score (nSPS) is 26.9. The van der Waals surface area contributed by atoms with E-state index in [9.17, 15) is 9.50 Å². The summed E-state index contributed by atoms with van der Waals surface area (Å²) in [5.74, 6) is -0.352. The number of halogens is 1. The van der Waals surface area contributed by atoms with Crippen LogP contribution in [0.2, 0.25) is 0 Å². The molecule has 88 valence electrons. The van der Waals surface area contributed by atoms with Gasteiger partial charge < -0.3 is 15.2 Å². The molecule has 0 aliphatic carbocycles. The molecule has 3 unspecified atom stereocenters. The van der Waals surface area contributed by atoms with Crippen LogP contribution in [0.5, 0.6) is 0 Å². The number of rotatable bonds is 3. The van der Waals surface area contributed by atoms with E-state index in [0.29, 0.717) is 13.2 Å². The van der Waals surface area contributed by atoms with Gasteiger partial charge in [0.1, 0.15) is 5.82 Å². The van der Waals surface area contributed by atoms with Gasteiger partial charge in [0.15, 0.2) is 0 Å². The summed E-state index contributed by atoms with van der Waals surface area (Å²) in [5.41, 5.74) is 0.763. The molecule has 1 aromatic heterocycles. The molecule has 0 amide bonds. The third-order valence-corrected chi connectivity index (χ3v) is 2.74. The Balaban J connectivity index is 1.99. The molecule has 5 heteroatoms. The molecule has 0 saturated carbocycles. The molecule has 4 nitrogen and oxygen atoms in total. The molecule has 1 saturated heterocycles. The van der Waals surface area contributed by atoms with Crippen LogP contribution in [0.4, 0.5) is 4.39 Å². The van der Waals surface area contributed by atoms with Gasteiger partial charge in [-0.1, -0.05) is 0 Å². The summed E-state index contributed by atoms with van der Waals surface area (Å²) < 4.78 is 18.1. The van der Waals surface area contributed by atoms with Crippen molar-refractivity contribution in [2.24, 2.45) is 0 Å². The number of nitrogens with zero attached hydrogens (tertiary/aromatic N) is 1. The number of aliphatic hydroxyl groups is 1. The van der Waals surface area contributed by atoms with Crippen molar-refractivity contribution >= 4 is 0 Å². The predicted molar refractivity (Wildman–Crippen MR) is 56.4 cm³/mol. The Hall–Kier alpha value is -1.04. The molecule has 1 aromatic rings. The molecule has 16 heavy (non-hydrogen) atoms. The summed E-state index contributed by atoms with van der Waals surface area (Å²) in [4.78, 5) is 3.79. The molecule has 0 bridgehead atoms. The summed E-state index contributed by atoms with van der Waals surface area (Å²) in [6, 6.07) is 1.27. The smallest absolute Gasteiger partial charge is 0.141 e. The van der Waals surface area contributed by atoms with Gasteiger partial charge >= 0.3 is 0 Å². The van der Waals surface area contributed by atoms with Crippen molar-refractivity contribution in [1.82, 2.24) is 10.3 Å². The van der Waals surface area contributed by atoms with E-state index in [1.54, 1.807) is 6.20 Å². The van der Waals surface area contributed by atoms with Crippen molar-refractivity contribution in [2.75, 3.05) is 13.2 Å². The Morgan fingerprint density at radius 2 is 2.38 bits per heavy atom. The second kappa shape index (κ2) is 4.86. The average molecular weight is 226 g/mol. The lowest BCUT2D eigenvalue weighted by Gasteiger charge is -2.20. The Morgan fingerprint density at radius 3 is 3.00 bits per heavy atom. The van der Waals surface area contributed by atoms with Crippen molar-refractivity contribution in [1.29, 1.82) is 0 Å². The van der Waals surface area contributed by atoms with E-state index in [1.165, 1.54) is 12.3 Å². The van der Waals surface area contributed by atoms with E-state index >= 15 is 0 Å². The molecule has 1 aliphatic rings. The fourth-order valence-electron chi connectivity index (χ4n) is 1.78. The number of nitrogens with one attached hydrogen (secondary N) is 1. The van der Waals surface area contributed by atoms with Crippen LogP contribution in [-0.2, 0) is 4.74 Å². The minimum atomic E-state index is -0.496. The summed E-state index contributed by atoms with van der Waals surface area (Å²) in [6.07, 6.45) is 2.29. The zero-order chi connectivity index (χ0) is 11.5. The predicted octanol–water partition coefficient (Wildman–Crippen LogP) is 0.631. The van der Waals surface area contributed by atoms with Gasteiger partial charge in [-0.15, -0.1) is 0 Å². The van der Waals surface area contributed by atoms with Gasteiger partial charge in [0.25, 0.3) is 0 Å². The summed E-state index contributed by atoms with van der Waals surface area (Å²) in [6.45, 7) is 2.74. The molecule has 0 aromatic carbocycles. The highest BCUT2D eigenvalue weighted by Crippen LogP contribution is 2.15. The number of hydrogen-bond acceptors (Lipinski definition) is 4.